The maximum Gasteiger partial charge on any atom is 0.411 e. The SMILES string of the molecule is CCc1cc(OCCN2C(=O)C(C)Sc3cc(C4C=CC=CC4=NO)ccc32)ccc1CC(OCC(F)(F)F)C(=O)O. The normalized spacial score (nSPS) is 20.1. The van der Waals surface area contributed by atoms with Gasteiger partial charge >= 0.3 is 12.1 Å². The first kappa shape index (κ1) is 31.2. The smallest absolute Gasteiger partial charge is 0.411 e. The van der Waals surface area contributed by atoms with Crippen molar-refractivity contribution >= 4 is 35.0 Å². The molecule has 8 nitrogen and oxygen atoms in total. The van der Waals surface area contributed by atoms with Gasteiger partial charge < -0.3 is 24.7 Å². The van der Waals surface area contributed by atoms with Gasteiger partial charge in [-0.3, -0.25) is 4.79 Å². The van der Waals surface area contributed by atoms with Crippen LogP contribution in [0.15, 0.2) is 70.8 Å². The highest BCUT2D eigenvalue weighted by atomic mass is 32.2. The van der Waals surface area contributed by atoms with E-state index < -0.39 is 24.9 Å². The summed E-state index contributed by atoms with van der Waals surface area (Å²) in [7, 11) is 0. The van der Waals surface area contributed by atoms with Crippen molar-refractivity contribution in [2.24, 2.45) is 5.16 Å². The number of carboxylic acids is 1. The Balaban J connectivity index is 1.44. The van der Waals surface area contributed by atoms with Gasteiger partial charge in [-0.05, 0) is 60.4 Å². The molecule has 1 aliphatic heterocycles. The van der Waals surface area contributed by atoms with Crippen LogP contribution in [-0.4, -0.2) is 65.2 Å². The van der Waals surface area contributed by atoms with Crippen LogP contribution in [0.4, 0.5) is 18.9 Å². The maximum atomic E-state index is 13.1. The van der Waals surface area contributed by atoms with Crippen LogP contribution in [0.2, 0.25) is 0 Å². The van der Waals surface area contributed by atoms with Crippen LogP contribution in [0.1, 0.15) is 36.5 Å². The molecular formula is C30H31F3N2O6S. The number of allylic oxidation sites excluding steroid dienone is 4. The fourth-order valence-electron chi connectivity index (χ4n) is 4.85. The van der Waals surface area contributed by atoms with Crippen LogP contribution in [0.5, 0.6) is 5.75 Å². The Morgan fingerprint density at radius 3 is 2.64 bits per heavy atom. The molecule has 1 heterocycles. The van der Waals surface area contributed by atoms with E-state index in [1.807, 2.05) is 44.2 Å². The summed E-state index contributed by atoms with van der Waals surface area (Å²) in [5, 5.41) is 21.8. The van der Waals surface area contributed by atoms with Gasteiger partial charge in [0.1, 0.15) is 19.0 Å². The molecule has 3 atom stereocenters. The number of anilines is 1. The number of amides is 1. The molecule has 0 radical (unpaired) electrons. The number of oxime groups is 1. The summed E-state index contributed by atoms with van der Waals surface area (Å²) in [6.07, 6.45) is 1.40. The summed E-state index contributed by atoms with van der Waals surface area (Å²) < 4.78 is 48.2. The number of benzene rings is 2. The third kappa shape index (κ3) is 7.54. The Hall–Kier alpha value is -3.77. The number of rotatable bonds is 11. The molecule has 2 aromatic rings. The second-order valence-electron chi connectivity index (χ2n) is 9.81. The van der Waals surface area contributed by atoms with Gasteiger partial charge in [-0.1, -0.05) is 42.4 Å². The number of halogens is 3. The van der Waals surface area contributed by atoms with Gasteiger partial charge in [0.15, 0.2) is 6.10 Å². The van der Waals surface area contributed by atoms with Crippen molar-refractivity contribution in [3.63, 3.8) is 0 Å². The van der Waals surface area contributed by atoms with Gasteiger partial charge in [0, 0.05) is 17.2 Å². The van der Waals surface area contributed by atoms with Crippen molar-refractivity contribution in [3.05, 3.63) is 77.4 Å². The zero-order valence-electron chi connectivity index (χ0n) is 23.0. The molecule has 1 aliphatic carbocycles. The van der Waals surface area contributed by atoms with Crippen LogP contribution in [0.25, 0.3) is 0 Å². The highest BCUT2D eigenvalue weighted by molar-refractivity contribution is 8.01. The van der Waals surface area contributed by atoms with Crippen molar-refractivity contribution in [1.82, 2.24) is 0 Å². The van der Waals surface area contributed by atoms with Crippen molar-refractivity contribution in [2.45, 2.75) is 55.0 Å². The highest BCUT2D eigenvalue weighted by Gasteiger charge is 2.33. The van der Waals surface area contributed by atoms with Crippen LogP contribution >= 0.6 is 11.8 Å². The molecule has 224 valence electrons. The average molecular weight is 605 g/mol. The topological polar surface area (TPSA) is 109 Å². The van der Waals surface area contributed by atoms with E-state index >= 15 is 0 Å². The van der Waals surface area contributed by atoms with Crippen molar-refractivity contribution in [1.29, 1.82) is 0 Å². The molecule has 0 bridgehead atoms. The lowest BCUT2D eigenvalue weighted by Crippen LogP contribution is -2.42. The monoisotopic (exact) mass is 604 g/mol. The molecule has 2 aromatic carbocycles. The van der Waals surface area contributed by atoms with Crippen LogP contribution in [0.3, 0.4) is 0 Å². The summed E-state index contributed by atoms with van der Waals surface area (Å²) in [6.45, 7) is 2.50. The number of carbonyl (C=O) groups is 2. The van der Waals surface area contributed by atoms with Crippen molar-refractivity contribution < 1.29 is 42.5 Å². The zero-order valence-corrected chi connectivity index (χ0v) is 23.8. The number of aliphatic carboxylic acids is 1. The molecule has 2 aliphatic rings. The number of carbonyl (C=O) groups excluding carboxylic acids is 1. The predicted molar refractivity (Wildman–Crippen MR) is 153 cm³/mol. The van der Waals surface area contributed by atoms with Gasteiger partial charge in [0.2, 0.25) is 5.91 Å². The second-order valence-corrected chi connectivity index (χ2v) is 11.2. The number of nitrogens with zero attached hydrogens (tertiary/aromatic N) is 2. The first-order valence-corrected chi connectivity index (χ1v) is 14.2. The maximum absolute atomic E-state index is 13.1. The number of fused-ring (bicyclic) bond motifs is 1. The summed E-state index contributed by atoms with van der Waals surface area (Å²) >= 11 is 1.47. The van der Waals surface area contributed by atoms with Crippen LogP contribution in [0, 0.1) is 0 Å². The van der Waals surface area contributed by atoms with E-state index in [1.165, 1.54) is 11.8 Å². The fourth-order valence-corrected chi connectivity index (χ4v) is 5.96. The van der Waals surface area contributed by atoms with E-state index in [1.54, 1.807) is 35.3 Å². The molecular weight excluding hydrogens is 573 g/mol. The molecule has 0 saturated carbocycles. The number of thioether (sulfide) groups is 1. The van der Waals surface area contributed by atoms with Crippen LogP contribution < -0.4 is 9.64 Å². The molecule has 2 N–H and O–H groups in total. The molecule has 0 spiro atoms. The lowest BCUT2D eigenvalue weighted by molar-refractivity contribution is -0.192. The third-order valence-corrected chi connectivity index (χ3v) is 8.07. The molecule has 12 heteroatoms. The van der Waals surface area contributed by atoms with E-state index in [2.05, 4.69) is 9.89 Å². The van der Waals surface area contributed by atoms with Gasteiger partial charge in [-0.2, -0.15) is 13.2 Å². The summed E-state index contributed by atoms with van der Waals surface area (Å²) in [5.74, 6) is -1.23. The second kappa shape index (κ2) is 13.5. The minimum Gasteiger partial charge on any atom is -0.492 e. The summed E-state index contributed by atoms with van der Waals surface area (Å²) in [5.41, 5.74) is 3.50. The minimum absolute atomic E-state index is 0.0508. The number of aryl methyl sites for hydroxylation is 1. The average Bonchev–Trinajstić information content (AvgIpc) is 2.96. The van der Waals surface area contributed by atoms with Gasteiger partial charge in [-0.25, -0.2) is 4.79 Å². The van der Waals surface area contributed by atoms with E-state index in [4.69, 9.17) is 4.74 Å². The van der Waals surface area contributed by atoms with Crippen molar-refractivity contribution in [3.8, 4) is 5.75 Å². The molecule has 0 saturated heterocycles. The Morgan fingerprint density at radius 2 is 1.95 bits per heavy atom. The largest absolute Gasteiger partial charge is 0.492 e. The summed E-state index contributed by atoms with van der Waals surface area (Å²) in [4.78, 5) is 27.2. The quantitative estimate of drug-likeness (QED) is 0.248. The van der Waals surface area contributed by atoms with Crippen LogP contribution in [-0.2, 0) is 27.2 Å². The van der Waals surface area contributed by atoms with Gasteiger partial charge in [-0.15, -0.1) is 11.8 Å². The molecule has 0 fully saturated rings. The highest BCUT2D eigenvalue weighted by Crippen LogP contribution is 2.41. The number of ether oxygens (including phenoxy) is 2. The first-order valence-electron chi connectivity index (χ1n) is 13.3. The number of alkyl halides is 3. The lowest BCUT2D eigenvalue weighted by Gasteiger charge is -2.33. The van der Waals surface area contributed by atoms with Crippen molar-refractivity contribution in [2.75, 3.05) is 24.7 Å². The number of hydrogen-bond acceptors (Lipinski definition) is 7. The molecule has 1 amide bonds. The molecule has 4 rings (SSSR count). The van der Waals surface area contributed by atoms with E-state index in [9.17, 15) is 33.1 Å². The minimum atomic E-state index is -4.63. The molecule has 3 unspecified atom stereocenters. The number of carboxylic acid groups (broad SMARTS) is 1. The Labute approximate surface area is 245 Å². The first-order chi connectivity index (χ1) is 20.0. The van der Waals surface area contributed by atoms with E-state index in [-0.39, 0.29) is 36.6 Å². The summed E-state index contributed by atoms with van der Waals surface area (Å²) in [6, 6.07) is 10.8. The zero-order chi connectivity index (χ0) is 30.4. The van der Waals surface area contributed by atoms with Gasteiger partial charge in [0.05, 0.1) is 23.2 Å². The molecule has 0 aromatic heterocycles. The Kier molecular flexibility index (Phi) is 10.00. The van der Waals surface area contributed by atoms with E-state index in [0.29, 0.717) is 23.4 Å². The standard InChI is InChI=1S/C30H31F3N2O6S/c1-3-19-14-22(10-8-20(19)15-26(29(37)38)41-17-30(31,32)33)40-13-12-35-25-11-9-21(16-27(25)42-18(2)28(35)36)23-6-4-5-7-24(23)34-39/h4-11,14,16,18,23,26,39H,3,12-13,15,17H2,1-2H3,(H,37,38). The number of hydrogen-bond donors (Lipinski definition) is 2. The van der Waals surface area contributed by atoms with Gasteiger partial charge in [0.25, 0.3) is 0 Å². The Bertz CT molecular complexity index is 1410. The third-order valence-electron chi connectivity index (χ3n) is 6.94. The Morgan fingerprint density at radius 1 is 1.17 bits per heavy atom. The van der Waals surface area contributed by atoms with E-state index in [0.717, 1.165) is 21.7 Å². The fraction of sp³-hybridized carbons (Fsp3) is 0.367. The predicted octanol–water partition coefficient (Wildman–Crippen LogP) is 5.77. The lowest BCUT2D eigenvalue weighted by atomic mass is 9.90. The molecule has 42 heavy (non-hydrogen) atoms.